The minimum Gasteiger partial charge on any atom is -0.494 e. The first-order valence-electron chi connectivity index (χ1n) is 9.82. The average molecular weight is 499 g/mol. The molecule has 3 aromatic rings. The van der Waals surface area contributed by atoms with Crippen LogP contribution < -0.4 is 9.47 Å². The zero-order chi connectivity index (χ0) is 22.1. The lowest BCUT2D eigenvalue weighted by Gasteiger charge is -2.11. The molecule has 0 aromatic heterocycles. The van der Waals surface area contributed by atoms with Gasteiger partial charge in [-0.2, -0.15) is 0 Å². The van der Waals surface area contributed by atoms with Crippen molar-refractivity contribution >= 4 is 39.2 Å². The van der Waals surface area contributed by atoms with E-state index in [0.29, 0.717) is 12.4 Å². The van der Waals surface area contributed by atoms with Crippen molar-refractivity contribution < 1.29 is 19.4 Å². The second-order valence-corrected chi connectivity index (χ2v) is 8.44. The van der Waals surface area contributed by atoms with E-state index in [2.05, 4.69) is 46.3 Å². The average Bonchev–Trinajstić information content (AvgIpc) is 2.78. The van der Waals surface area contributed by atoms with Gasteiger partial charge in [-0.25, -0.2) is 4.79 Å². The molecule has 31 heavy (non-hydrogen) atoms. The maximum atomic E-state index is 10.7. The summed E-state index contributed by atoms with van der Waals surface area (Å²) in [5, 5.41) is 8.74. The van der Waals surface area contributed by atoms with Crippen molar-refractivity contribution in [3.8, 4) is 11.5 Å². The number of halogens is 1. The highest BCUT2D eigenvalue weighted by molar-refractivity contribution is 9.10. The van der Waals surface area contributed by atoms with E-state index in [0.717, 1.165) is 37.6 Å². The van der Waals surface area contributed by atoms with E-state index in [1.807, 2.05) is 43.3 Å². The fourth-order valence-electron chi connectivity index (χ4n) is 2.97. The summed E-state index contributed by atoms with van der Waals surface area (Å²) in [6, 6.07) is 24.0. The number of carbonyl (C=O) groups is 1. The molecular weight excluding hydrogens is 476 g/mol. The zero-order valence-corrected chi connectivity index (χ0v) is 19.5. The molecule has 0 saturated carbocycles. The largest absolute Gasteiger partial charge is 0.494 e. The van der Waals surface area contributed by atoms with Crippen LogP contribution in [0.25, 0.3) is 5.57 Å². The Balaban J connectivity index is 1.76. The molecule has 3 rings (SSSR count). The van der Waals surface area contributed by atoms with Crippen molar-refractivity contribution in [1.82, 2.24) is 0 Å². The molecule has 1 N–H and O–H groups in total. The second kappa shape index (κ2) is 11.6. The molecule has 0 aliphatic rings. The zero-order valence-electron chi connectivity index (χ0n) is 17.1. The van der Waals surface area contributed by atoms with E-state index >= 15 is 0 Å². The monoisotopic (exact) mass is 498 g/mol. The van der Waals surface area contributed by atoms with Crippen LogP contribution in [0.2, 0.25) is 0 Å². The van der Waals surface area contributed by atoms with Gasteiger partial charge in [0.2, 0.25) is 0 Å². The summed E-state index contributed by atoms with van der Waals surface area (Å²) in [6.07, 6.45) is 2.22. The van der Waals surface area contributed by atoms with Crippen molar-refractivity contribution in [2.75, 3.05) is 19.0 Å². The van der Waals surface area contributed by atoms with E-state index in [9.17, 15) is 4.79 Å². The molecule has 0 bridgehead atoms. The lowest BCUT2D eigenvalue weighted by molar-refractivity contribution is -0.139. The fourth-order valence-corrected chi connectivity index (χ4v) is 4.46. The molecule has 0 saturated heterocycles. The third kappa shape index (κ3) is 6.91. The maximum Gasteiger partial charge on any atom is 0.341 e. The molecule has 3 aromatic carbocycles. The van der Waals surface area contributed by atoms with E-state index < -0.39 is 5.97 Å². The molecule has 0 radical (unpaired) electrons. The summed E-state index contributed by atoms with van der Waals surface area (Å²) in [5.41, 5.74) is 3.45. The Morgan fingerprint density at radius 2 is 1.65 bits per heavy atom. The first-order chi connectivity index (χ1) is 15.1. The minimum absolute atomic E-state index is 0.357. The van der Waals surface area contributed by atoms with Crippen LogP contribution in [0.4, 0.5) is 0 Å². The molecule has 160 valence electrons. The van der Waals surface area contributed by atoms with Gasteiger partial charge in [-0.3, -0.25) is 0 Å². The number of carboxylic acid groups (broad SMARTS) is 1. The number of aliphatic carboxylic acids is 1. The number of ether oxygens (including phenoxy) is 2. The van der Waals surface area contributed by atoms with Gasteiger partial charge >= 0.3 is 5.97 Å². The van der Waals surface area contributed by atoms with Gasteiger partial charge in [0.05, 0.1) is 6.61 Å². The minimum atomic E-state index is -0.998. The Labute approximate surface area is 195 Å². The molecule has 0 unspecified atom stereocenters. The third-order valence-corrected chi connectivity index (χ3v) is 6.27. The third-order valence-electron chi connectivity index (χ3n) is 4.35. The van der Waals surface area contributed by atoms with Gasteiger partial charge in [-0.15, -0.1) is 11.8 Å². The van der Waals surface area contributed by atoms with Crippen LogP contribution in [-0.4, -0.2) is 30.0 Å². The number of rotatable bonds is 10. The molecule has 0 amide bonds. The molecule has 0 aliphatic heterocycles. The van der Waals surface area contributed by atoms with E-state index in [-0.39, 0.29) is 6.61 Å². The first kappa shape index (κ1) is 23.0. The molecule has 6 heteroatoms. The lowest BCUT2D eigenvalue weighted by Crippen LogP contribution is -2.09. The number of benzene rings is 3. The highest BCUT2D eigenvalue weighted by Crippen LogP contribution is 2.32. The summed E-state index contributed by atoms with van der Waals surface area (Å²) >= 11 is 5.24. The normalized spacial score (nSPS) is 11.2. The predicted octanol–water partition coefficient (Wildman–Crippen LogP) is 6.54. The number of hydrogen-bond acceptors (Lipinski definition) is 4. The van der Waals surface area contributed by atoms with Crippen molar-refractivity contribution in [2.24, 2.45) is 0 Å². The molecule has 0 heterocycles. The summed E-state index contributed by atoms with van der Waals surface area (Å²) in [7, 11) is 0. The van der Waals surface area contributed by atoms with Gasteiger partial charge in [0, 0.05) is 15.1 Å². The van der Waals surface area contributed by atoms with Gasteiger partial charge in [0.15, 0.2) is 6.61 Å². The van der Waals surface area contributed by atoms with Crippen LogP contribution in [0.1, 0.15) is 18.1 Å². The lowest BCUT2D eigenvalue weighted by atomic mass is 9.98. The number of hydrogen-bond donors (Lipinski definition) is 1. The van der Waals surface area contributed by atoms with Crippen LogP contribution in [0.15, 0.2) is 88.2 Å². The highest BCUT2D eigenvalue weighted by atomic mass is 79.9. The molecule has 0 aliphatic carbocycles. The Morgan fingerprint density at radius 3 is 2.29 bits per heavy atom. The standard InChI is InChI=1S/C25H23BrO4S/c1-2-29-20-10-8-19(9-11-20)22(18-6-4-3-5-7-18)14-15-31-24-13-12-21(16-23(24)26)30-17-25(27)28/h3-14,16H,2,15,17H2,1H3,(H,27,28)/b22-14-. The quantitative estimate of drug-likeness (QED) is 0.321. The van der Waals surface area contributed by atoms with Crippen LogP contribution >= 0.6 is 27.7 Å². The van der Waals surface area contributed by atoms with E-state index in [1.165, 1.54) is 0 Å². The summed E-state index contributed by atoms with van der Waals surface area (Å²) < 4.78 is 11.7. The van der Waals surface area contributed by atoms with Gasteiger partial charge < -0.3 is 14.6 Å². The fraction of sp³-hybridized carbons (Fsp3) is 0.160. The smallest absolute Gasteiger partial charge is 0.341 e. The Kier molecular flexibility index (Phi) is 8.62. The van der Waals surface area contributed by atoms with E-state index in [1.54, 1.807) is 23.9 Å². The van der Waals surface area contributed by atoms with Crippen LogP contribution in [0.3, 0.4) is 0 Å². The summed E-state index contributed by atoms with van der Waals surface area (Å²) in [6.45, 7) is 2.26. The van der Waals surface area contributed by atoms with Gasteiger partial charge in [-0.1, -0.05) is 48.5 Å². The Morgan fingerprint density at radius 1 is 0.968 bits per heavy atom. The molecular formula is C25H23BrO4S. The van der Waals surface area contributed by atoms with Crippen molar-refractivity contribution in [2.45, 2.75) is 11.8 Å². The highest BCUT2D eigenvalue weighted by Gasteiger charge is 2.08. The van der Waals surface area contributed by atoms with Gasteiger partial charge in [0.25, 0.3) is 0 Å². The number of carboxylic acids is 1. The summed E-state index contributed by atoms with van der Waals surface area (Å²) in [5.74, 6) is 1.16. The van der Waals surface area contributed by atoms with Crippen molar-refractivity contribution in [1.29, 1.82) is 0 Å². The topological polar surface area (TPSA) is 55.8 Å². The molecule has 4 nitrogen and oxygen atoms in total. The SMILES string of the molecule is CCOc1ccc(/C(=C\CSc2ccc(OCC(=O)O)cc2Br)c2ccccc2)cc1. The molecule has 0 spiro atoms. The predicted molar refractivity (Wildman–Crippen MR) is 129 cm³/mol. The van der Waals surface area contributed by atoms with Crippen molar-refractivity contribution in [3.63, 3.8) is 0 Å². The second-order valence-electron chi connectivity index (χ2n) is 6.53. The Bertz CT molecular complexity index is 1030. The van der Waals surface area contributed by atoms with Crippen LogP contribution in [0, 0.1) is 0 Å². The molecule has 0 fully saturated rings. The van der Waals surface area contributed by atoms with Crippen LogP contribution in [-0.2, 0) is 4.79 Å². The Hall–Kier alpha value is -2.70. The summed E-state index contributed by atoms with van der Waals surface area (Å²) in [4.78, 5) is 11.7. The first-order valence-corrected chi connectivity index (χ1v) is 11.6. The van der Waals surface area contributed by atoms with E-state index in [4.69, 9.17) is 14.6 Å². The van der Waals surface area contributed by atoms with Crippen LogP contribution in [0.5, 0.6) is 11.5 Å². The number of thioether (sulfide) groups is 1. The van der Waals surface area contributed by atoms with Gasteiger partial charge in [-0.05, 0) is 69.9 Å². The van der Waals surface area contributed by atoms with Crippen molar-refractivity contribution in [3.05, 3.63) is 94.5 Å². The van der Waals surface area contributed by atoms with Gasteiger partial charge in [0.1, 0.15) is 11.5 Å². The maximum absolute atomic E-state index is 10.7. The molecule has 0 atom stereocenters.